The fourth-order valence-electron chi connectivity index (χ4n) is 6.55. The highest BCUT2D eigenvalue weighted by Gasteiger charge is 2.76. The normalized spacial score (nSPS) is 34.9. The van der Waals surface area contributed by atoms with Gasteiger partial charge >= 0.3 is 0 Å². The van der Waals surface area contributed by atoms with Crippen molar-refractivity contribution < 1.29 is 29.0 Å². The van der Waals surface area contributed by atoms with Crippen molar-refractivity contribution in [3.8, 4) is 11.5 Å². The molecule has 8 nitrogen and oxygen atoms in total. The summed E-state index contributed by atoms with van der Waals surface area (Å²) in [4.78, 5) is 52.6. The number of carbonyl (C=O) groups is 4. The van der Waals surface area contributed by atoms with Crippen LogP contribution in [0, 0.1) is 17.8 Å². The van der Waals surface area contributed by atoms with Gasteiger partial charge in [-0.05, 0) is 58.8 Å². The summed E-state index contributed by atoms with van der Waals surface area (Å²) < 4.78 is 5.64. The molecule has 0 spiro atoms. The van der Waals surface area contributed by atoms with Crippen LogP contribution in [0.5, 0.6) is 11.5 Å². The zero-order valence-corrected chi connectivity index (χ0v) is 24.7. The Labute approximate surface area is 240 Å². The van der Waals surface area contributed by atoms with Crippen molar-refractivity contribution >= 4 is 78.7 Å². The van der Waals surface area contributed by atoms with Gasteiger partial charge in [0.2, 0.25) is 11.8 Å². The number of ether oxygens (including phenoxy) is 1. The van der Waals surface area contributed by atoms with Gasteiger partial charge in [0, 0.05) is 12.5 Å². The summed E-state index contributed by atoms with van der Waals surface area (Å²) in [5.41, 5.74) is 1.07. The zero-order chi connectivity index (χ0) is 27.0. The summed E-state index contributed by atoms with van der Waals surface area (Å²) >= 11 is 20.9. The Bertz CT molecular complexity index is 1270. The van der Waals surface area contributed by atoms with Gasteiger partial charge in [0.15, 0.2) is 21.2 Å². The minimum atomic E-state index is -1.91. The van der Waals surface area contributed by atoms with Crippen LogP contribution in [0.3, 0.4) is 0 Å². The molecule has 4 aliphatic rings. The monoisotopic (exact) mass is 676 g/mol. The van der Waals surface area contributed by atoms with E-state index in [0.29, 0.717) is 35.0 Å². The first kappa shape index (κ1) is 27.0. The molecule has 5 rings (SSSR count). The highest BCUT2D eigenvalue weighted by molar-refractivity contribution is 9.10. The van der Waals surface area contributed by atoms with E-state index in [1.807, 2.05) is 13.0 Å². The standard InChI is InChI=1S/C25H24Br2Cl2N2O6/c1-3-6-30-20(33)13-5-4-12-14(17(13)21(30)34)9-24(28)22(35)31(10-26)23(36)25(24,29)18(12)11-7-15(27)19(32)16(8-11)37-2/h4,7-8,13-14,17-18,32H,3,5-6,9-10H2,1-2H3/t13-,14+,17-,18-,24+,25-/m0/s1. The second-order valence-electron chi connectivity index (χ2n) is 9.87. The number of hydrogen-bond donors (Lipinski definition) is 1. The average Bonchev–Trinajstić information content (AvgIpc) is 3.19. The number of nitrogens with zero attached hydrogens (tertiary/aromatic N) is 2. The molecule has 4 amide bonds. The first-order valence-corrected chi connectivity index (χ1v) is 14.6. The zero-order valence-electron chi connectivity index (χ0n) is 20.0. The molecule has 0 bridgehead atoms. The summed E-state index contributed by atoms with van der Waals surface area (Å²) in [6, 6.07) is 3.17. The highest BCUT2D eigenvalue weighted by atomic mass is 79.9. The number of halogens is 4. The number of rotatable bonds is 5. The number of hydrogen-bond acceptors (Lipinski definition) is 6. The molecule has 1 aromatic carbocycles. The van der Waals surface area contributed by atoms with E-state index in [0.717, 1.165) is 4.90 Å². The molecule has 1 saturated carbocycles. The maximum Gasteiger partial charge on any atom is 0.254 e. The molecule has 3 fully saturated rings. The van der Waals surface area contributed by atoms with Gasteiger partial charge in [-0.1, -0.05) is 34.5 Å². The number of phenolic OH excluding ortho intramolecular Hbond substituents is 1. The number of aromatic hydroxyl groups is 1. The highest BCUT2D eigenvalue weighted by Crippen LogP contribution is 2.66. The third-order valence-corrected chi connectivity index (χ3v) is 10.7. The van der Waals surface area contributed by atoms with E-state index in [4.69, 9.17) is 27.9 Å². The third-order valence-electron chi connectivity index (χ3n) is 8.16. The number of carbonyl (C=O) groups excluding carboxylic acids is 4. The Hall–Kier alpha value is -1.62. The van der Waals surface area contributed by atoms with Gasteiger partial charge in [0.05, 0.1) is 28.9 Å². The van der Waals surface area contributed by atoms with Crippen LogP contribution in [-0.4, -0.2) is 67.4 Å². The Kier molecular flexibility index (Phi) is 6.74. The molecule has 2 heterocycles. The summed E-state index contributed by atoms with van der Waals surface area (Å²) in [7, 11) is 1.39. The molecule has 0 aromatic heterocycles. The molecule has 2 aliphatic carbocycles. The molecule has 0 unspecified atom stereocenters. The number of fused-ring (bicyclic) bond motifs is 4. The maximum absolute atomic E-state index is 13.8. The first-order chi connectivity index (χ1) is 17.5. The lowest BCUT2D eigenvalue weighted by Gasteiger charge is -2.50. The molecular weight excluding hydrogens is 655 g/mol. The lowest BCUT2D eigenvalue weighted by Crippen LogP contribution is -2.60. The summed E-state index contributed by atoms with van der Waals surface area (Å²) in [6.07, 6.45) is 2.74. The lowest BCUT2D eigenvalue weighted by atomic mass is 9.56. The van der Waals surface area contributed by atoms with Crippen LogP contribution < -0.4 is 4.74 Å². The Balaban J connectivity index is 1.74. The van der Waals surface area contributed by atoms with Crippen molar-refractivity contribution in [3.63, 3.8) is 0 Å². The number of benzene rings is 1. The first-order valence-electron chi connectivity index (χ1n) is 11.9. The maximum atomic E-state index is 13.8. The Morgan fingerprint density at radius 2 is 1.81 bits per heavy atom. The van der Waals surface area contributed by atoms with Gasteiger partial charge in [-0.25, -0.2) is 0 Å². The summed E-state index contributed by atoms with van der Waals surface area (Å²) in [5.74, 6) is -4.59. The molecule has 1 N–H and O–H groups in total. The second kappa shape index (κ2) is 9.24. The smallest absolute Gasteiger partial charge is 0.254 e. The number of alkyl halides is 3. The van der Waals surface area contributed by atoms with E-state index in [-0.39, 0.29) is 35.2 Å². The number of methoxy groups -OCH3 is 1. The Morgan fingerprint density at radius 1 is 1.11 bits per heavy atom. The minimum absolute atomic E-state index is 0.0645. The van der Waals surface area contributed by atoms with E-state index in [2.05, 4.69) is 31.9 Å². The molecule has 37 heavy (non-hydrogen) atoms. The molecule has 2 aliphatic heterocycles. The SMILES string of the molecule is CCCN1C(=O)[C@H]2[C@H](CC=C3[C@H]2C[C@@]2(Cl)C(=O)N(CBr)C(=O)[C@@]2(Cl)[C@H]3c2cc(Br)c(O)c(OC)c2)C1=O. The van der Waals surface area contributed by atoms with Gasteiger partial charge in [0.1, 0.15) is 0 Å². The number of likely N-dealkylation sites (tertiary alicyclic amines) is 2. The van der Waals surface area contributed by atoms with Crippen molar-refractivity contribution in [2.45, 2.75) is 41.9 Å². The second-order valence-corrected chi connectivity index (χ2v) is 12.5. The van der Waals surface area contributed by atoms with Gasteiger partial charge in [-0.2, -0.15) is 0 Å². The number of imide groups is 2. The average molecular weight is 679 g/mol. The molecule has 12 heteroatoms. The predicted molar refractivity (Wildman–Crippen MR) is 143 cm³/mol. The topological polar surface area (TPSA) is 104 Å². The van der Waals surface area contributed by atoms with Crippen LogP contribution in [0.1, 0.15) is 37.7 Å². The molecular formula is C25H24Br2Cl2N2O6. The quantitative estimate of drug-likeness (QED) is 0.216. The van der Waals surface area contributed by atoms with Crippen LogP contribution in [0.25, 0.3) is 0 Å². The van der Waals surface area contributed by atoms with E-state index in [1.165, 1.54) is 12.0 Å². The summed E-state index contributed by atoms with van der Waals surface area (Å²) in [6.45, 7) is 2.21. The van der Waals surface area contributed by atoms with E-state index in [1.54, 1.807) is 12.1 Å². The molecule has 1 aromatic rings. The number of amides is 4. The van der Waals surface area contributed by atoms with E-state index in [9.17, 15) is 24.3 Å². The van der Waals surface area contributed by atoms with Crippen molar-refractivity contribution in [1.82, 2.24) is 9.80 Å². The van der Waals surface area contributed by atoms with Crippen molar-refractivity contribution in [2.24, 2.45) is 17.8 Å². The predicted octanol–water partition coefficient (Wildman–Crippen LogP) is 4.28. The van der Waals surface area contributed by atoms with Gasteiger partial charge in [-0.15, -0.1) is 23.2 Å². The molecule has 0 radical (unpaired) electrons. The van der Waals surface area contributed by atoms with E-state index >= 15 is 0 Å². The van der Waals surface area contributed by atoms with Crippen molar-refractivity contribution in [2.75, 3.05) is 19.1 Å². The van der Waals surface area contributed by atoms with Gasteiger partial charge in [-0.3, -0.25) is 29.0 Å². The molecule has 2 saturated heterocycles. The van der Waals surface area contributed by atoms with Crippen molar-refractivity contribution in [1.29, 1.82) is 0 Å². The fourth-order valence-corrected chi connectivity index (χ4v) is 8.44. The summed E-state index contributed by atoms with van der Waals surface area (Å²) in [5, 5.41) is 10.4. The Morgan fingerprint density at radius 3 is 2.43 bits per heavy atom. The lowest BCUT2D eigenvalue weighted by molar-refractivity contribution is -0.141. The van der Waals surface area contributed by atoms with Crippen LogP contribution in [-0.2, 0) is 19.2 Å². The minimum Gasteiger partial charge on any atom is -0.503 e. The molecule has 198 valence electrons. The van der Waals surface area contributed by atoms with Gasteiger partial charge in [0.25, 0.3) is 11.8 Å². The van der Waals surface area contributed by atoms with Crippen LogP contribution in [0.2, 0.25) is 0 Å². The number of phenols is 1. The largest absolute Gasteiger partial charge is 0.503 e. The third kappa shape index (κ3) is 3.44. The van der Waals surface area contributed by atoms with E-state index < -0.39 is 45.2 Å². The van der Waals surface area contributed by atoms with Crippen molar-refractivity contribution in [3.05, 3.63) is 33.8 Å². The number of allylic oxidation sites excluding steroid dienone is 2. The molecule has 6 atom stereocenters. The van der Waals surface area contributed by atoms with Gasteiger partial charge < -0.3 is 9.84 Å². The van der Waals surface area contributed by atoms with Crippen LogP contribution in [0.15, 0.2) is 28.3 Å². The fraction of sp³-hybridized carbons (Fsp3) is 0.520. The van der Waals surface area contributed by atoms with Crippen LogP contribution >= 0.6 is 55.1 Å². The van der Waals surface area contributed by atoms with Crippen LogP contribution in [0.4, 0.5) is 0 Å².